The topological polar surface area (TPSA) is 61.3 Å². The predicted molar refractivity (Wildman–Crippen MR) is 42.1 cm³/mol. The molecule has 0 amide bonds. The van der Waals surface area contributed by atoms with Crippen molar-refractivity contribution < 1.29 is 14.3 Å². The standard InChI is InChI=1S/C6H8N2O3S/c1-10-2-3-11-6(9)5-8-7-4-12-5/h4H,2-3H2,1H3. The Hall–Kier alpha value is -1.01. The van der Waals surface area contributed by atoms with Gasteiger partial charge in [-0.25, -0.2) is 4.79 Å². The second kappa shape index (κ2) is 4.78. The highest BCUT2D eigenvalue weighted by atomic mass is 32.1. The number of hydrogen-bond acceptors (Lipinski definition) is 6. The summed E-state index contributed by atoms with van der Waals surface area (Å²) in [4.78, 5) is 11.0. The summed E-state index contributed by atoms with van der Waals surface area (Å²) in [6.45, 7) is 0.638. The molecule has 0 aromatic carbocycles. The van der Waals surface area contributed by atoms with Crippen LogP contribution in [0.15, 0.2) is 5.51 Å². The van der Waals surface area contributed by atoms with Crippen molar-refractivity contribution in [2.75, 3.05) is 20.3 Å². The SMILES string of the molecule is COCCOC(=O)c1nncs1. The van der Waals surface area contributed by atoms with Gasteiger partial charge in [0.1, 0.15) is 12.1 Å². The molecule has 0 aliphatic rings. The Bertz CT molecular complexity index is 237. The minimum atomic E-state index is -0.449. The maximum absolute atomic E-state index is 11.0. The number of carbonyl (C=O) groups excluding carboxylic acids is 1. The molecule has 0 radical (unpaired) electrons. The summed E-state index contributed by atoms with van der Waals surface area (Å²) >= 11 is 1.15. The quantitative estimate of drug-likeness (QED) is 0.503. The molecule has 1 aromatic rings. The Kier molecular flexibility index (Phi) is 3.62. The average Bonchev–Trinajstić information content (AvgIpc) is 2.56. The fourth-order valence-corrected chi connectivity index (χ4v) is 0.985. The summed E-state index contributed by atoms with van der Waals surface area (Å²) < 4.78 is 9.47. The number of esters is 1. The fourth-order valence-electron chi connectivity index (χ4n) is 0.541. The zero-order chi connectivity index (χ0) is 8.81. The van der Waals surface area contributed by atoms with Crippen LogP contribution in [0.2, 0.25) is 0 Å². The first-order chi connectivity index (χ1) is 5.84. The van der Waals surface area contributed by atoms with Gasteiger partial charge in [0.2, 0.25) is 5.01 Å². The van der Waals surface area contributed by atoms with Crippen molar-refractivity contribution in [2.45, 2.75) is 0 Å². The van der Waals surface area contributed by atoms with Crippen LogP contribution in [0.1, 0.15) is 9.80 Å². The molecule has 0 saturated carbocycles. The van der Waals surface area contributed by atoms with Gasteiger partial charge in [-0.15, -0.1) is 10.2 Å². The summed E-state index contributed by atoms with van der Waals surface area (Å²) in [6, 6.07) is 0. The molecule has 6 heteroatoms. The van der Waals surface area contributed by atoms with E-state index in [2.05, 4.69) is 10.2 Å². The van der Waals surface area contributed by atoms with Gasteiger partial charge in [-0.1, -0.05) is 11.3 Å². The molecular formula is C6H8N2O3S. The van der Waals surface area contributed by atoms with Gasteiger partial charge >= 0.3 is 5.97 Å². The van der Waals surface area contributed by atoms with Gasteiger partial charge in [-0.05, 0) is 0 Å². The molecule has 5 nitrogen and oxygen atoms in total. The molecule has 0 saturated heterocycles. The van der Waals surface area contributed by atoms with E-state index in [-0.39, 0.29) is 11.6 Å². The lowest BCUT2D eigenvalue weighted by atomic mass is 10.7. The Balaban J connectivity index is 2.30. The lowest BCUT2D eigenvalue weighted by Gasteiger charge is -1.99. The van der Waals surface area contributed by atoms with Gasteiger partial charge in [0.05, 0.1) is 6.61 Å². The molecule has 1 rings (SSSR count). The van der Waals surface area contributed by atoms with Gasteiger partial charge in [-0.3, -0.25) is 0 Å². The number of methoxy groups -OCH3 is 1. The van der Waals surface area contributed by atoms with E-state index in [9.17, 15) is 4.79 Å². The van der Waals surface area contributed by atoms with E-state index in [1.54, 1.807) is 7.11 Å². The van der Waals surface area contributed by atoms with Gasteiger partial charge < -0.3 is 9.47 Å². The first-order valence-electron chi connectivity index (χ1n) is 3.27. The van der Waals surface area contributed by atoms with E-state index in [1.165, 1.54) is 5.51 Å². The normalized spacial score (nSPS) is 9.75. The van der Waals surface area contributed by atoms with Crippen molar-refractivity contribution in [2.24, 2.45) is 0 Å². The van der Waals surface area contributed by atoms with E-state index in [0.717, 1.165) is 11.3 Å². The lowest BCUT2D eigenvalue weighted by molar-refractivity contribution is 0.0387. The second-order valence-electron chi connectivity index (χ2n) is 1.87. The second-order valence-corrected chi connectivity index (χ2v) is 2.71. The maximum Gasteiger partial charge on any atom is 0.369 e. The third kappa shape index (κ3) is 2.55. The molecule has 0 bridgehead atoms. The molecule has 1 heterocycles. The van der Waals surface area contributed by atoms with Crippen LogP contribution in [0, 0.1) is 0 Å². The molecule has 0 fully saturated rings. The molecule has 66 valence electrons. The van der Waals surface area contributed by atoms with E-state index < -0.39 is 5.97 Å². The van der Waals surface area contributed by atoms with Crippen molar-refractivity contribution in [1.82, 2.24) is 10.2 Å². The van der Waals surface area contributed by atoms with Crippen molar-refractivity contribution in [3.05, 3.63) is 10.5 Å². The number of aromatic nitrogens is 2. The molecular weight excluding hydrogens is 180 g/mol. The van der Waals surface area contributed by atoms with Crippen LogP contribution in [0.5, 0.6) is 0 Å². The van der Waals surface area contributed by atoms with Crippen molar-refractivity contribution in [1.29, 1.82) is 0 Å². The average molecular weight is 188 g/mol. The largest absolute Gasteiger partial charge is 0.458 e. The molecule has 0 atom stereocenters. The van der Waals surface area contributed by atoms with Gasteiger partial charge in [0.25, 0.3) is 0 Å². The number of carbonyl (C=O) groups is 1. The highest BCUT2D eigenvalue weighted by Gasteiger charge is 2.09. The zero-order valence-corrected chi connectivity index (χ0v) is 7.34. The summed E-state index contributed by atoms with van der Waals surface area (Å²) in [7, 11) is 1.54. The third-order valence-electron chi connectivity index (χ3n) is 1.06. The molecule has 0 spiro atoms. The smallest absolute Gasteiger partial charge is 0.369 e. The van der Waals surface area contributed by atoms with Gasteiger partial charge in [-0.2, -0.15) is 0 Å². The number of nitrogens with zero attached hydrogens (tertiary/aromatic N) is 2. The van der Waals surface area contributed by atoms with Crippen LogP contribution in [0.3, 0.4) is 0 Å². The van der Waals surface area contributed by atoms with Gasteiger partial charge in [0.15, 0.2) is 0 Å². The van der Waals surface area contributed by atoms with Crippen molar-refractivity contribution in [3.8, 4) is 0 Å². The van der Waals surface area contributed by atoms with E-state index in [1.807, 2.05) is 0 Å². The van der Waals surface area contributed by atoms with Crippen LogP contribution in [0.4, 0.5) is 0 Å². The number of rotatable bonds is 4. The maximum atomic E-state index is 11.0. The first-order valence-corrected chi connectivity index (χ1v) is 4.15. The molecule has 12 heavy (non-hydrogen) atoms. The zero-order valence-electron chi connectivity index (χ0n) is 6.52. The van der Waals surface area contributed by atoms with Crippen LogP contribution in [-0.2, 0) is 9.47 Å². The number of hydrogen-bond donors (Lipinski definition) is 0. The predicted octanol–water partition coefficient (Wildman–Crippen LogP) is 0.341. The Morgan fingerprint density at radius 2 is 2.50 bits per heavy atom. The lowest BCUT2D eigenvalue weighted by Crippen LogP contribution is -2.09. The molecule has 0 aliphatic carbocycles. The van der Waals surface area contributed by atoms with Crippen LogP contribution >= 0.6 is 11.3 Å². The number of ether oxygens (including phenoxy) is 2. The highest BCUT2D eigenvalue weighted by Crippen LogP contribution is 2.02. The van der Waals surface area contributed by atoms with Crippen LogP contribution in [-0.4, -0.2) is 36.5 Å². The van der Waals surface area contributed by atoms with Crippen LogP contribution < -0.4 is 0 Å². The fraction of sp³-hybridized carbons (Fsp3) is 0.500. The van der Waals surface area contributed by atoms with E-state index >= 15 is 0 Å². The van der Waals surface area contributed by atoms with Gasteiger partial charge in [0, 0.05) is 7.11 Å². The highest BCUT2D eigenvalue weighted by molar-refractivity contribution is 7.11. The molecule has 0 N–H and O–H groups in total. The Labute approximate surface area is 73.3 Å². The summed E-state index contributed by atoms with van der Waals surface area (Å²) in [5, 5.41) is 7.33. The molecule has 0 unspecified atom stereocenters. The first kappa shape index (κ1) is 9.08. The van der Waals surface area contributed by atoms with E-state index in [0.29, 0.717) is 6.61 Å². The summed E-state index contributed by atoms with van der Waals surface area (Å²) in [5.74, 6) is -0.449. The molecule has 1 aromatic heterocycles. The van der Waals surface area contributed by atoms with Crippen molar-refractivity contribution in [3.63, 3.8) is 0 Å². The van der Waals surface area contributed by atoms with Crippen LogP contribution in [0.25, 0.3) is 0 Å². The summed E-state index contributed by atoms with van der Waals surface area (Å²) in [5.41, 5.74) is 1.48. The monoisotopic (exact) mass is 188 g/mol. The Morgan fingerprint density at radius 3 is 3.08 bits per heavy atom. The van der Waals surface area contributed by atoms with E-state index in [4.69, 9.17) is 9.47 Å². The minimum Gasteiger partial charge on any atom is -0.458 e. The minimum absolute atomic E-state index is 0.245. The Morgan fingerprint density at radius 1 is 1.67 bits per heavy atom. The third-order valence-corrected chi connectivity index (χ3v) is 1.73. The molecule has 0 aliphatic heterocycles. The summed E-state index contributed by atoms with van der Waals surface area (Å²) in [6.07, 6.45) is 0. The van der Waals surface area contributed by atoms with Crippen molar-refractivity contribution >= 4 is 17.3 Å².